The van der Waals surface area contributed by atoms with Crippen molar-refractivity contribution >= 4 is 45.6 Å². The fourth-order valence-corrected chi connectivity index (χ4v) is 3.43. The minimum Gasteiger partial charge on any atom is -0.511 e. The van der Waals surface area contributed by atoms with Crippen LogP contribution in [0.1, 0.15) is 20.8 Å². The molecule has 0 aromatic heterocycles. The van der Waals surface area contributed by atoms with E-state index in [1.165, 1.54) is 19.1 Å². The van der Waals surface area contributed by atoms with Crippen LogP contribution in [0.4, 0.5) is 15.8 Å². The van der Waals surface area contributed by atoms with Crippen LogP contribution in [-0.4, -0.2) is 20.9 Å². The highest BCUT2D eigenvalue weighted by molar-refractivity contribution is 7.86. The number of anilines is 2. The quantitative estimate of drug-likeness (QED) is 0.276. The van der Waals surface area contributed by atoms with E-state index < -0.39 is 22.7 Å². The van der Waals surface area contributed by atoms with E-state index in [1.807, 2.05) is 0 Å². The molecule has 4 N–H and O–H groups in total. The minimum absolute atomic E-state index is 0.107. The fraction of sp³-hybridized carbons (Fsp3) is 0.200. The van der Waals surface area contributed by atoms with Gasteiger partial charge in [-0.05, 0) is 49.4 Å². The van der Waals surface area contributed by atoms with Crippen LogP contribution in [0.15, 0.2) is 58.7 Å². The highest BCUT2D eigenvalue weighted by Crippen LogP contribution is 2.22. The maximum atomic E-state index is 14.2. The summed E-state index contributed by atoms with van der Waals surface area (Å²) in [6, 6.07) is 10.0. The molecular formula is C20H21ClFN3O3S. The molecule has 154 valence electrons. The van der Waals surface area contributed by atoms with Crippen LogP contribution in [-0.2, 0) is 15.8 Å². The highest BCUT2D eigenvalue weighted by Gasteiger charge is 2.20. The molecule has 1 unspecified atom stereocenters. The Morgan fingerprint density at radius 3 is 2.31 bits per heavy atom. The molecule has 0 fully saturated rings. The zero-order valence-electron chi connectivity index (χ0n) is 16.0. The lowest BCUT2D eigenvalue weighted by atomic mass is 10.0. The van der Waals surface area contributed by atoms with Gasteiger partial charge in [-0.3, -0.25) is 4.79 Å². The Hall–Kier alpha value is -2.71. The van der Waals surface area contributed by atoms with Gasteiger partial charge in [0, 0.05) is 28.0 Å². The largest absolute Gasteiger partial charge is 0.511 e. The van der Waals surface area contributed by atoms with Crippen LogP contribution in [0.25, 0.3) is 0 Å². The number of aliphatic hydroxyl groups excluding tert-OH is 1. The lowest BCUT2D eigenvalue weighted by molar-refractivity contribution is -0.112. The Morgan fingerprint density at radius 1 is 1.17 bits per heavy atom. The summed E-state index contributed by atoms with van der Waals surface area (Å²) in [5.74, 6) is -1.99. The maximum Gasteiger partial charge on any atom is 0.260 e. The number of halogens is 2. The standard InChI is InChI=1S/C20H21ClFN3O3S/c1-11(2)19(26)18(12(3)23)20(27)24-15-8-9-16(22)17(10-15)29(28)25-14-6-4-13(21)5-7-14/h4-11,23,25-26H,1-3H3,(H,24,27)/b19-18+,23-12?. The molecule has 9 heteroatoms. The topological polar surface area (TPSA) is 102 Å². The summed E-state index contributed by atoms with van der Waals surface area (Å²) in [6.07, 6.45) is 0. The Balaban J connectivity index is 2.27. The summed E-state index contributed by atoms with van der Waals surface area (Å²) in [5.41, 5.74) is 0.386. The van der Waals surface area contributed by atoms with E-state index in [-0.39, 0.29) is 33.5 Å². The molecule has 0 aliphatic carbocycles. The first-order chi connectivity index (χ1) is 13.6. The van der Waals surface area contributed by atoms with Gasteiger partial charge in [-0.1, -0.05) is 25.4 Å². The second kappa shape index (κ2) is 9.67. The number of hydrogen-bond donors (Lipinski definition) is 4. The van der Waals surface area contributed by atoms with Crippen molar-refractivity contribution in [2.45, 2.75) is 25.7 Å². The number of rotatable bonds is 7. The van der Waals surface area contributed by atoms with E-state index in [4.69, 9.17) is 17.0 Å². The smallest absolute Gasteiger partial charge is 0.260 e. The molecule has 0 saturated heterocycles. The van der Waals surface area contributed by atoms with Crippen molar-refractivity contribution in [1.29, 1.82) is 5.41 Å². The second-order valence-electron chi connectivity index (χ2n) is 6.52. The summed E-state index contributed by atoms with van der Waals surface area (Å²) in [5, 5.41) is 20.9. The number of allylic oxidation sites excluding steroid dienone is 1. The third kappa shape index (κ3) is 5.88. The summed E-state index contributed by atoms with van der Waals surface area (Å²) < 4.78 is 29.4. The van der Waals surface area contributed by atoms with E-state index in [1.54, 1.807) is 38.1 Å². The number of carbonyl (C=O) groups is 1. The third-order valence-corrected chi connectivity index (χ3v) is 5.23. The number of benzene rings is 2. The van der Waals surface area contributed by atoms with Crippen LogP contribution in [0, 0.1) is 17.1 Å². The molecule has 0 saturated carbocycles. The number of hydrogen-bond acceptors (Lipinski definition) is 4. The lowest BCUT2D eigenvalue weighted by Gasteiger charge is -2.14. The normalized spacial score (nSPS) is 12.9. The Morgan fingerprint density at radius 2 is 1.76 bits per heavy atom. The van der Waals surface area contributed by atoms with E-state index in [0.29, 0.717) is 10.7 Å². The molecule has 0 spiro atoms. The predicted octanol–water partition coefficient (Wildman–Crippen LogP) is 5.06. The van der Waals surface area contributed by atoms with Crippen LogP contribution in [0.2, 0.25) is 5.02 Å². The molecule has 2 aromatic rings. The van der Waals surface area contributed by atoms with Gasteiger partial charge < -0.3 is 20.6 Å². The zero-order chi connectivity index (χ0) is 21.7. The first kappa shape index (κ1) is 22.6. The number of aliphatic hydroxyl groups is 1. The molecule has 2 aromatic carbocycles. The molecule has 2 rings (SSSR count). The molecule has 0 aliphatic heterocycles. The Bertz CT molecular complexity index is 991. The van der Waals surface area contributed by atoms with Crippen LogP contribution >= 0.6 is 11.6 Å². The molecule has 1 amide bonds. The van der Waals surface area contributed by atoms with Gasteiger partial charge >= 0.3 is 0 Å². The van der Waals surface area contributed by atoms with Crippen molar-refractivity contribution in [3.8, 4) is 0 Å². The second-order valence-corrected chi connectivity index (χ2v) is 8.13. The Kier molecular flexibility index (Phi) is 7.53. The van der Waals surface area contributed by atoms with E-state index in [0.717, 1.165) is 6.07 Å². The molecule has 1 atom stereocenters. The molecule has 0 aliphatic rings. The monoisotopic (exact) mass is 437 g/mol. The number of amides is 1. The maximum absolute atomic E-state index is 14.2. The van der Waals surface area contributed by atoms with E-state index in [9.17, 15) is 18.5 Å². The average molecular weight is 438 g/mol. The summed E-state index contributed by atoms with van der Waals surface area (Å²) in [6.45, 7) is 4.76. The summed E-state index contributed by atoms with van der Waals surface area (Å²) in [7, 11) is -1.94. The van der Waals surface area contributed by atoms with Gasteiger partial charge in [0.2, 0.25) is 0 Å². The van der Waals surface area contributed by atoms with Gasteiger partial charge in [0.05, 0.1) is 10.5 Å². The number of carbonyl (C=O) groups excluding carboxylic acids is 1. The first-order valence-electron chi connectivity index (χ1n) is 8.63. The molecule has 0 bridgehead atoms. The summed E-state index contributed by atoms with van der Waals surface area (Å²) >= 11 is 5.81. The van der Waals surface area contributed by atoms with E-state index >= 15 is 0 Å². The van der Waals surface area contributed by atoms with Crippen molar-refractivity contribution in [2.75, 3.05) is 10.0 Å². The van der Waals surface area contributed by atoms with Crippen molar-refractivity contribution in [3.63, 3.8) is 0 Å². The van der Waals surface area contributed by atoms with Crippen molar-refractivity contribution in [1.82, 2.24) is 0 Å². The van der Waals surface area contributed by atoms with Gasteiger partial charge in [-0.15, -0.1) is 0 Å². The number of nitrogens with one attached hydrogen (secondary N) is 3. The first-order valence-corrected chi connectivity index (χ1v) is 10.2. The van der Waals surface area contributed by atoms with Crippen LogP contribution in [0.3, 0.4) is 0 Å². The fourth-order valence-electron chi connectivity index (χ4n) is 2.36. The average Bonchev–Trinajstić information content (AvgIpc) is 2.64. The van der Waals surface area contributed by atoms with Crippen LogP contribution < -0.4 is 10.0 Å². The molecule has 6 nitrogen and oxygen atoms in total. The third-order valence-electron chi connectivity index (χ3n) is 3.85. The van der Waals surface area contributed by atoms with Crippen molar-refractivity contribution in [2.24, 2.45) is 5.92 Å². The van der Waals surface area contributed by atoms with Gasteiger partial charge in [0.1, 0.15) is 11.6 Å². The predicted molar refractivity (Wildman–Crippen MR) is 114 cm³/mol. The van der Waals surface area contributed by atoms with Crippen LogP contribution in [0.5, 0.6) is 0 Å². The van der Waals surface area contributed by atoms with Crippen molar-refractivity contribution < 1.29 is 18.5 Å². The zero-order valence-corrected chi connectivity index (χ0v) is 17.6. The molecule has 0 heterocycles. The Labute approximate surface area is 175 Å². The molecule has 29 heavy (non-hydrogen) atoms. The molecule has 0 radical (unpaired) electrons. The van der Waals surface area contributed by atoms with Crippen molar-refractivity contribution in [3.05, 3.63) is 64.6 Å². The van der Waals surface area contributed by atoms with Gasteiger partial charge in [0.25, 0.3) is 5.91 Å². The van der Waals surface area contributed by atoms with E-state index in [2.05, 4.69) is 10.0 Å². The highest BCUT2D eigenvalue weighted by atomic mass is 35.5. The van der Waals surface area contributed by atoms with Gasteiger partial charge in [0.15, 0.2) is 11.0 Å². The van der Waals surface area contributed by atoms with Gasteiger partial charge in [-0.25, -0.2) is 8.60 Å². The molecular weight excluding hydrogens is 417 g/mol. The SMILES string of the molecule is CC(=N)/C(C(=O)Nc1ccc(F)c(S(=O)Nc2ccc(Cl)cc2)c1)=C(\O)C(C)C. The van der Waals surface area contributed by atoms with Gasteiger partial charge in [-0.2, -0.15) is 0 Å². The lowest BCUT2D eigenvalue weighted by Crippen LogP contribution is -2.22. The summed E-state index contributed by atoms with van der Waals surface area (Å²) in [4.78, 5) is 12.4. The minimum atomic E-state index is -1.94.